The van der Waals surface area contributed by atoms with Crippen LogP contribution in [0.2, 0.25) is 0 Å². The fraction of sp³-hybridized carbons (Fsp3) is 0.182. The molecule has 1 unspecified atom stereocenters. The van der Waals surface area contributed by atoms with E-state index in [1.807, 2.05) is 6.07 Å². The summed E-state index contributed by atoms with van der Waals surface area (Å²) in [5, 5.41) is 18.4. The van der Waals surface area contributed by atoms with E-state index < -0.39 is 11.2 Å². The molecule has 2 rings (SSSR count). The molecule has 1 aromatic rings. The number of rotatable bonds is 4. The zero-order valence-electron chi connectivity index (χ0n) is 9.68. The molecule has 0 spiro atoms. The molecule has 1 aliphatic heterocycles. The Morgan fingerprint density at radius 2 is 2.47 bits per heavy atom. The molecule has 2 heterocycles. The van der Waals surface area contributed by atoms with Gasteiger partial charge in [0.05, 0.1) is 12.6 Å². The fourth-order valence-electron chi connectivity index (χ4n) is 1.35. The zero-order chi connectivity index (χ0) is 13.7. The minimum Gasteiger partial charge on any atom is -0.481 e. The van der Waals surface area contributed by atoms with Gasteiger partial charge in [0, 0.05) is 18.0 Å². The molecule has 8 heteroatoms. The van der Waals surface area contributed by atoms with Crippen LogP contribution in [0.3, 0.4) is 0 Å². The molecule has 0 bridgehead atoms. The van der Waals surface area contributed by atoms with Crippen molar-refractivity contribution in [2.24, 2.45) is 10.2 Å². The predicted molar refractivity (Wildman–Crippen MR) is 71.0 cm³/mol. The molecule has 1 atom stereocenters. The highest BCUT2D eigenvalue weighted by atomic mass is 32.2. The molecule has 1 aliphatic rings. The molecule has 1 amide bonds. The van der Waals surface area contributed by atoms with E-state index in [1.165, 1.54) is 6.21 Å². The monoisotopic (exact) mass is 278 g/mol. The summed E-state index contributed by atoms with van der Waals surface area (Å²) in [4.78, 5) is 25.9. The van der Waals surface area contributed by atoms with Crippen molar-refractivity contribution in [3.05, 3.63) is 30.1 Å². The first-order valence-electron chi connectivity index (χ1n) is 5.35. The SMILES string of the molecule is O=C(O)CC1S/C(=N/N=C/c2cccnc2)NC1=O. The molecule has 1 saturated heterocycles. The number of hydrogen-bond donors (Lipinski definition) is 2. The first kappa shape index (κ1) is 13.2. The Kier molecular flexibility index (Phi) is 4.24. The fourth-order valence-corrected chi connectivity index (χ4v) is 2.26. The van der Waals surface area contributed by atoms with Crippen molar-refractivity contribution in [3.8, 4) is 0 Å². The molecule has 0 saturated carbocycles. The Morgan fingerprint density at radius 1 is 1.63 bits per heavy atom. The molecule has 98 valence electrons. The molecule has 0 radical (unpaired) electrons. The van der Waals surface area contributed by atoms with Gasteiger partial charge in [-0.1, -0.05) is 17.8 Å². The number of carboxylic acids is 1. The maximum Gasteiger partial charge on any atom is 0.305 e. The summed E-state index contributed by atoms with van der Waals surface area (Å²) in [7, 11) is 0. The summed E-state index contributed by atoms with van der Waals surface area (Å²) in [6.07, 6.45) is 4.53. The average molecular weight is 278 g/mol. The molecule has 0 aromatic carbocycles. The Morgan fingerprint density at radius 3 is 3.16 bits per heavy atom. The van der Waals surface area contributed by atoms with Crippen LogP contribution in [0.4, 0.5) is 0 Å². The summed E-state index contributed by atoms with van der Waals surface area (Å²) in [6.45, 7) is 0. The van der Waals surface area contributed by atoms with E-state index in [9.17, 15) is 9.59 Å². The van der Waals surface area contributed by atoms with Gasteiger partial charge in [-0.15, -0.1) is 5.10 Å². The second-order valence-corrected chi connectivity index (χ2v) is 4.82. The zero-order valence-corrected chi connectivity index (χ0v) is 10.5. The van der Waals surface area contributed by atoms with E-state index in [0.717, 1.165) is 17.3 Å². The van der Waals surface area contributed by atoms with E-state index in [4.69, 9.17) is 5.11 Å². The van der Waals surface area contributed by atoms with E-state index in [2.05, 4.69) is 20.5 Å². The maximum absolute atomic E-state index is 11.4. The van der Waals surface area contributed by atoms with Crippen molar-refractivity contribution in [2.45, 2.75) is 11.7 Å². The maximum atomic E-state index is 11.4. The van der Waals surface area contributed by atoms with Crippen molar-refractivity contribution in [3.63, 3.8) is 0 Å². The number of nitrogens with zero attached hydrogens (tertiary/aromatic N) is 3. The van der Waals surface area contributed by atoms with E-state index in [0.29, 0.717) is 5.17 Å². The van der Waals surface area contributed by atoms with Crippen LogP contribution in [0.1, 0.15) is 12.0 Å². The number of amidine groups is 1. The molecule has 1 aromatic heterocycles. The number of carboxylic acid groups (broad SMARTS) is 1. The van der Waals surface area contributed by atoms with Gasteiger partial charge in [0.1, 0.15) is 5.25 Å². The molecular weight excluding hydrogens is 268 g/mol. The number of thioether (sulfide) groups is 1. The molecular formula is C11H10N4O3S. The molecule has 19 heavy (non-hydrogen) atoms. The van der Waals surface area contributed by atoms with Crippen LogP contribution >= 0.6 is 11.8 Å². The molecule has 7 nitrogen and oxygen atoms in total. The Balaban J connectivity index is 1.96. The summed E-state index contributed by atoms with van der Waals surface area (Å²) in [6, 6.07) is 3.58. The van der Waals surface area contributed by atoms with Crippen LogP contribution in [-0.4, -0.2) is 38.6 Å². The summed E-state index contributed by atoms with van der Waals surface area (Å²) >= 11 is 1.06. The number of pyridine rings is 1. The van der Waals surface area contributed by atoms with Crippen LogP contribution in [-0.2, 0) is 9.59 Å². The first-order valence-corrected chi connectivity index (χ1v) is 6.23. The minimum atomic E-state index is -1.02. The normalized spacial score (nSPS) is 20.9. The topological polar surface area (TPSA) is 104 Å². The second kappa shape index (κ2) is 6.10. The number of aliphatic carboxylic acids is 1. The smallest absolute Gasteiger partial charge is 0.305 e. The lowest BCUT2D eigenvalue weighted by Crippen LogP contribution is -2.26. The van der Waals surface area contributed by atoms with Gasteiger partial charge in [0.15, 0.2) is 5.17 Å². The molecule has 0 aliphatic carbocycles. The standard InChI is InChI=1S/C11H10N4O3S/c16-9(17)4-8-10(18)14-11(19-8)15-13-6-7-2-1-3-12-5-7/h1-3,5-6,8H,4H2,(H,16,17)(H,14,15,18)/b13-6+. The van der Waals surface area contributed by atoms with Gasteiger partial charge in [0.2, 0.25) is 5.91 Å². The van der Waals surface area contributed by atoms with Gasteiger partial charge in [-0.2, -0.15) is 5.10 Å². The van der Waals surface area contributed by atoms with Crippen LogP contribution in [0.5, 0.6) is 0 Å². The third-order valence-corrected chi connectivity index (χ3v) is 3.25. The average Bonchev–Trinajstić information content (AvgIpc) is 2.70. The first-order chi connectivity index (χ1) is 9.15. The Labute approximate surface area is 112 Å². The summed E-state index contributed by atoms with van der Waals surface area (Å²) < 4.78 is 0. The van der Waals surface area contributed by atoms with Crippen molar-refractivity contribution in [2.75, 3.05) is 0 Å². The van der Waals surface area contributed by atoms with E-state index in [1.54, 1.807) is 18.5 Å². The van der Waals surface area contributed by atoms with Crippen LogP contribution < -0.4 is 5.32 Å². The van der Waals surface area contributed by atoms with E-state index >= 15 is 0 Å². The summed E-state index contributed by atoms with van der Waals surface area (Å²) in [5.41, 5.74) is 0.781. The van der Waals surface area contributed by atoms with Crippen LogP contribution in [0.25, 0.3) is 0 Å². The van der Waals surface area contributed by atoms with Gasteiger partial charge in [0.25, 0.3) is 0 Å². The molecule has 2 N–H and O–H groups in total. The highest BCUT2D eigenvalue weighted by Gasteiger charge is 2.32. The number of carbonyl (C=O) groups is 2. The largest absolute Gasteiger partial charge is 0.481 e. The lowest BCUT2D eigenvalue weighted by atomic mass is 10.3. The predicted octanol–water partition coefficient (Wildman–Crippen LogP) is 0.478. The van der Waals surface area contributed by atoms with Crippen molar-refractivity contribution >= 4 is 35.0 Å². The number of carbonyl (C=O) groups excluding carboxylic acids is 1. The Bertz CT molecular complexity index is 544. The Hall–Kier alpha value is -2.22. The van der Waals surface area contributed by atoms with Gasteiger partial charge < -0.3 is 10.4 Å². The summed E-state index contributed by atoms with van der Waals surface area (Å²) in [5.74, 6) is -1.38. The third kappa shape index (κ3) is 3.88. The van der Waals surface area contributed by atoms with Crippen molar-refractivity contribution in [1.29, 1.82) is 0 Å². The number of hydrogen-bond acceptors (Lipinski definition) is 6. The van der Waals surface area contributed by atoms with E-state index in [-0.39, 0.29) is 12.3 Å². The van der Waals surface area contributed by atoms with Gasteiger partial charge >= 0.3 is 5.97 Å². The quantitative estimate of drug-likeness (QED) is 0.615. The van der Waals surface area contributed by atoms with Crippen LogP contribution in [0, 0.1) is 0 Å². The van der Waals surface area contributed by atoms with Crippen molar-refractivity contribution < 1.29 is 14.7 Å². The lowest BCUT2D eigenvalue weighted by molar-refractivity contribution is -0.138. The van der Waals surface area contributed by atoms with Crippen molar-refractivity contribution in [1.82, 2.24) is 10.3 Å². The molecule has 1 fully saturated rings. The van der Waals surface area contributed by atoms with Gasteiger partial charge in [-0.25, -0.2) is 0 Å². The third-order valence-electron chi connectivity index (χ3n) is 2.18. The minimum absolute atomic E-state index is 0.234. The van der Waals surface area contributed by atoms with Gasteiger partial charge in [-0.05, 0) is 6.07 Å². The number of aromatic nitrogens is 1. The highest BCUT2D eigenvalue weighted by Crippen LogP contribution is 2.22. The number of amides is 1. The van der Waals surface area contributed by atoms with Gasteiger partial charge in [-0.3, -0.25) is 14.6 Å². The number of nitrogens with one attached hydrogen (secondary N) is 1. The van der Waals surface area contributed by atoms with Crippen LogP contribution in [0.15, 0.2) is 34.7 Å². The lowest BCUT2D eigenvalue weighted by Gasteiger charge is -1.97. The highest BCUT2D eigenvalue weighted by molar-refractivity contribution is 8.15. The second-order valence-electron chi connectivity index (χ2n) is 3.63.